The van der Waals surface area contributed by atoms with Gasteiger partial charge in [0.25, 0.3) is 0 Å². The SMILES string of the molecule is CC(C)(C)c1cc(C(CC(=O)NCC[N+](C)(C)C)n2nc3ccccc3n2)ccc1O.[Cl-]. The maximum absolute atomic E-state index is 12.8. The van der Waals surface area contributed by atoms with Gasteiger partial charge in [-0.1, -0.05) is 39.0 Å². The van der Waals surface area contributed by atoms with Crippen LogP contribution in [0.3, 0.4) is 0 Å². The number of nitrogens with one attached hydrogen (secondary N) is 1. The van der Waals surface area contributed by atoms with Crippen molar-refractivity contribution in [2.24, 2.45) is 0 Å². The summed E-state index contributed by atoms with van der Waals surface area (Å²) in [5.74, 6) is 0.200. The Labute approximate surface area is 196 Å². The lowest BCUT2D eigenvalue weighted by atomic mass is 9.84. The molecule has 0 aliphatic heterocycles. The number of benzene rings is 2. The molecule has 7 nitrogen and oxygen atoms in total. The Morgan fingerprint density at radius 3 is 2.22 bits per heavy atom. The number of phenols is 1. The van der Waals surface area contributed by atoms with E-state index in [2.05, 4.69) is 57.4 Å². The summed E-state index contributed by atoms with van der Waals surface area (Å²) in [6.45, 7) is 7.61. The molecule has 2 N–H and O–H groups in total. The van der Waals surface area contributed by atoms with Gasteiger partial charge in [-0.25, -0.2) is 0 Å². The number of hydrogen-bond acceptors (Lipinski definition) is 4. The quantitative estimate of drug-likeness (QED) is 0.496. The highest BCUT2D eigenvalue weighted by atomic mass is 35.5. The zero-order chi connectivity index (χ0) is 22.8. The van der Waals surface area contributed by atoms with Crippen LogP contribution in [0.4, 0.5) is 0 Å². The number of rotatable bonds is 7. The molecule has 8 heteroatoms. The molecule has 1 unspecified atom stereocenters. The number of carbonyl (C=O) groups excluding carboxylic acids is 1. The Hall–Kier alpha value is -2.64. The molecule has 0 fully saturated rings. The van der Waals surface area contributed by atoms with Crippen molar-refractivity contribution in [3.05, 3.63) is 53.6 Å². The zero-order valence-corrected chi connectivity index (χ0v) is 20.5. The fourth-order valence-electron chi connectivity index (χ4n) is 3.49. The van der Waals surface area contributed by atoms with Gasteiger partial charge in [-0.2, -0.15) is 15.0 Å². The molecule has 0 saturated carbocycles. The number of quaternary nitrogens is 1. The van der Waals surface area contributed by atoms with E-state index in [4.69, 9.17) is 0 Å². The largest absolute Gasteiger partial charge is 1.00 e. The number of hydrogen-bond donors (Lipinski definition) is 2. The topological polar surface area (TPSA) is 80.0 Å². The van der Waals surface area contributed by atoms with E-state index in [1.165, 1.54) is 0 Å². The summed E-state index contributed by atoms with van der Waals surface area (Å²) in [6, 6.07) is 12.8. The van der Waals surface area contributed by atoms with Crippen LogP contribution >= 0.6 is 0 Å². The van der Waals surface area contributed by atoms with Crippen molar-refractivity contribution in [1.82, 2.24) is 20.3 Å². The Morgan fingerprint density at radius 2 is 1.69 bits per heavy atom. The van der Waals surface area contributed by atoms with Gasteiger partial charge >= 0.3 is 0 Å². The van der Waals surface area contributed by atoms with Crippen LogP contribution in [0.2, 0.25) is 0 Å². The minimum Gasteiger partial charge on any atom is -1.00 e. The van der Waals surface area contributed by atoms with Crippen LogP contribution in [0, 0.1) is 0 Å². The van der Waals surface area contributed by atoms with Crippen molar-refractivity contribution >= 4 is 16.9 Å². The molecule has 0 radical (unpaired) electrons. The molecule has 0 spiro atoms. The van der Waals surface area contributed by atoms with Gasteiger partial charge in [0.05, 0.1) is 40.7 Å². The monoisotopic (exact) mass is 459 g/mol. The van der Waals surface area contributed by atoms with Gasteiger partial charge in [-0.3, -0.25) is 4.79 Å². The molecule has 1 atom stereocenters. The normalized spacial score (nSPS) is 12.9. The lowest BCUT2D eigenvalue weighted by Crippen LogP contribution is -3.00. The third-order valence-electron chi connectivity index (χ3n) is 5.28. The van der Waals surface area contributed by atoms with Crippen molar-refractivity contribution in [3.8, 4) is 5.75 Å². The molecule has 1 heterocycles. The van der Waals surface area contributed by atoms with E-state index in [1.807, 2.05) is 36.4 Å². The van der Waals surface area contributed by atoms with E-state index < -0.39 is 0 Å². The van der Waals surface area contributed by atoms with Crippen LogP contribution < -0.4 is 17.7 Å². The molecule has 2 aromatic carbocycles. The number of halogens is 1. The second kappa shape index (κ2) is 9.88. The molecule has 174 valence electrons. The number of aromatic hydroxyl groups is 1. The molecule has 0 aliphatic carbocycles. The van der Waals surface area contributed by atoms with E-state index >= 15 is 0 Å². The average molecular weight is 460 g/mol. The predicted octanol–water partition coefficient (Wildman–Crippen LogP) is 0.240. The summed E-state index contributed by atoms with van der Waals surface area (Å²) in [6.07, 6.45) is 0.215. The molecule has 3 rings (SSSR count). The highest BCUT2D eigenvalue weighted by Crippen LogP contribution is 2.34. The highest BCUT2D eigenvalue weighted by Gasteiger charge is 2.25. The first kappa shape index (κ1) is 25.6. The van der Waals surface area contributed by atoms with Crippen molar-refractivity contribution in [2.75, 3.05) is 34.2 Å². The van der Waals surface area contributed by atoms with Crippen molar-refractivity contribution in [1.29, 1.82) is 0 Å². The average Bonchev–Trinajstić information content (AvgIpc) is 3.08. The fraction of sp³-hybridized carbons (Fsp3) is 0.458. The minimum atomic E-state index is -0.377. The number of carbonyl (C=O) groups is 1. The second-order valence-electron chi connectivity index (χ2n) is 10.1. The molecular weight excluding hydrogens is 426 g/mol. The molecule has 3 aromatic rings. The second-order valence-corrected chi connectivity index (χ2v) is 10.1. The first-order valence-electron chi connectivity index (χ1n) is 10.7. The standard InChI is InChI=1S/C24H33N5O2.ClH/c1-24(2,3)18-15-17(11-12-22(18)30)21(16-23(31)25-13-14-29(4,5)6)28-26-19-9-7-8-10-20(19)27-28;/h7-12,15,21H,13-14,16H2,1-6H3,(H-,25,30,31);1H. The van der Waals surface area contributed by atoms with Crippen LogP contribution in [0.5, 0.6) is 5.75 Å². The maximum Gasteiger partial charge on any atom is 0.222 e. The van der Waals surface area contributed by atoms with Crippen LogP contribution in [-0.4, -0.2) is 64.7 Å². The zero-order valence-electron chi connectivity index (χ0n) is 19.8. The minimum absolute atomic E-state index is 0. The van der Waals surface area contributed by atoms with E-state index in [0.29, 0.717) is 6.54 Å². The van der Waals surface area contributed by atoms with Gasteiger partial charge in [0.2, 0.25) is 5.91 Å². The molecule has 1 aromatic heterocycles. The van der Waals surface area contributed by atoms with Crippen molar-refractivity contribution in [3.63, 3.8) is 0 Å². The van der Waals surface area contributed by atoms with Crippen molar-refractivity contribution in [2.45, 2.75) is 38.6 Å². The summed E-state index contributed by atoms with van der Waals surface area (Å²) >= 11 is 0. The molecule has 0 saturated heterocycles. The van der Waals surface area contributed by atoms with Gasteiger partial charge in [-0.05, 0) is 40.8 Å². The van der Waals surface area contributed by atoms with Crippen LogP contribution in [0.15, 0.2) is 42.5 Å². The summed E-state index contributed by atoms with van der Waals surface area (Å²) < 4.78 is 0.780. The number of aromatic nitrogens is 3. The fourth-order valence-corrected chi connectivity index (χ4v) is 3.49. The molecule has 0 aliphatic rings. The smallest absolute Gasteiger partial charge is 0.222 e. The lowest BCUT2D eigenvalue weighted by molar-refractivity contribution is -0.869. The van der Waals surface area contributed by atoms with Crippen LogP contribution in [0.25, 0.3) is 11.0 Å². The number of phenolic OH excluding ortho intramolecular Hbond substituents is 1. The van der Waals surface area contributed by atoms with Gasteiger partial charge in [0.1, 0.15) is 22.8 Å². The predicted molar refractivity (Wildman–Crippen MR) is 123 cm³/mol. The van der Waals surface area contributed by atoms with Crippen LogP contribution in [0.1, 0.15) is 44.4 Å². The van der Waals surface area contributed by atoms with Crippen LogP contribution in [-0.2, 0) is 10.2 Å². The lowest BCUT2D eigenvalue weighted by Gasteiger charge is -2.25. The van der Waals surface area contributed by atoms with Gasteiger partial charge in [0, 0.05) is 0 Å². The Bertz CT molecular complexity index is 1030. The first-order valence-corrected chi connectivity index (χ1v) is 10.7. The molecule has 32 heavy (non-hydrogen) atoms. The number of fused-ring (bicyclic) bond motifs is 1. The third kappa shape index (κ3) is 6.43. The summed E-state index contributed by atoms with van der Waals surface area (Å²) in [5, 5.41) is 22.7. The van der Waals surface area contributed by atoms with Gasteiger partial charge < -0.3 is 27.3 Å². The summed E-state index contributed by atoms with van der Waals surface area (Å²) in [7, 11) is 6.29. The molecule has 1 amide bonds. The Morgan fingerprint density at radius 1 is 1.09 bits per heavy atom. The summed E-state index contributed by atoms with van der Waals surface area (Å²) in [5.41, 5.74) is 3.06. The Balaban J connectivity index is 0.00000363. The van der Waals surface area contributed by atoms with E-state index in [9.17, 15) is 9.90 Å². The molecule has 0 bridgehead atoms. The third-order valence-corrected chi connectivity index (χ3v) is 5.28. The number of amides is 1. The van der Waals surface area contributed by atoms with Crippen molar-refractivity contribution < 1.29 is 26.8 Å². The number of nitrogens with zero attached hydrogens (tertiary/aromatic N) is 4. The van der Waals surface area contributed by atoms with E-state index in [1.54, 1.807) is 10.9 Å². The maximum atomic E-state index is 12.8. The van der Waals surface area contributed by atoms with E-state index in [0.717, 1.165) is 33.2 Å². The molecular formula is C24H34ClN5O2. The highest BCUT2D eigenvalue weighted by molar-refractivity contribution is 5.77. The van der Waals surface area contributed by atoms with Gasteiger partial charge in [-0.15, -0.1) is 0 Å². The van der Waals surface area contributed by atoms with E-state index in [-0.39, 0.29) is 41.9 Å². The summed E-state index contributed by atoms with van der Waals surface area (Å²) in [4.78, 5) is 14.4. The van der Waals surface area contributed by atoms with Gasteiger partial charge in [0.15, 0.2) is 0 Å². The first-order chi connectivity index (χ1) is 14.4. The number of likely N-dealkylation sites (N-methyl/N-ethyl adjacent to an activating group) is 1. The Kier molecular flexibility index (Phi) is 7.91.